The molecule has 0 spiro atoms. The lowest BCUT2D eigenvalue weighted by molar-refractivity contribution is -0.641. The minimum Gasteiger partial charge on any atom is -0.481 e. The smallest absolute Gasteiger partial charge is 0.469 e. The number of amides is 5. The molecule has 6 rings (SSSR count). The van der Waals surface area contributed by atoms with Gasteiger partial charge in [-0.3, -0.25) is 29.0 Å². The fourth-order valence-electron chi connectivity index (χ4n) is 8.87. The van der Waals surface area contributed by atoms with Crippen LogP contribution in [0.2, 0.25) is 0 Å². The van der Waals surface area contributed by atoms with Crippen molar-refractivity contribution < 1.29 is 67.3 Å². The number of hydrogen-bond donors (Lipinski definition) is 7. The Labute approximate surface area is 486 Å². The van der Waals surface area contributed by atoms with Crippen LogP contribution in [0.3, 0.4) is 0 Å². The van der Waals surface area contributed by atoms with Crippen molar-refractivity contribution in [3.63, 3.8) is 0 Å². The second kappa shape index (κ2) is 32.7. The molecule has 1 saturated heterocycles. The molecule has 84 heavy (non-hydrogen) atoms. The fraction of sp³-hybridized carbons (Fsp3) is 0.383. The van der Waals surface area contributed by atoms with E-state index in [4.69, 9.17) is 39.9 Å². The van der Waals surface area contributed by atoms with E-state index in [1.807, 2.05) is 121 Å². The number of benzene rings is 5. The van der Waals surface area contributed by atoms with Gasteiger partial charge in [0.2, 0.25) is 23.6 Å². The summed E-state index contributed by atoms with van der Waals surface area (Å²) in [5, 5.41) is 31.4. The zero-order valence-electron chi connectivity index (χ0n) is 47.0. The van der Waals surface area contributed by atoms with E-state index in [0.717, 1.165) is 22.3 Å². The van der Waals surface area contributed by atoms with Gasteiger partial charge in [-0.15, -0.1) is 0 Å². The molecule has 1 heterocycles. The molecule has 24 heteroatoms. The predicted molar refractivity (Wildman–Crippen MR) is 306 cm³/mol. The number of nitro groups is 1. The molecular weight excluding hydrogens is 1090 g/mol. The number of carboxylic acid groups (broad SMARTS) is 1. The monoisotopic (exact) mass is 1160 g/mol. The molecule has 1 aliphatic rings. The maximum atomic E-state index is 15.2. The molecule has 448 valence electrons. The van der Waals surface area contributed by atoms with Crippen molar-refractivity contribution in [2.75, 3.05) is 19.7 Å². The number of rotatable bonds is 31. The third-order valence-electron chi connectivity index (χ3n) is 12.8. The molecule has 0 unspecified atom stereocenters. The third-order valence-corrected chi connectivity index (χ3v) is 12.8. The number of carbonyl (C=O) groups excluding carboxylic acids is 5. The number of carbonyl (C=O) groups is 6. The van der Waals surface area contributed by atoms with Gasteiger partial charge in [-0.25, -0.2) is 14.9 Å². The first-order valence-corrected chi connectivity index (χ1v) is 27.2. The lowest BCUT2D eigenvalue weighted by Crippen LogP contribution is -2.67. The van der Waals surface area contributed by atoms with Gasteiger partial charge in [0.15, 0.2) is 23.3 Å². The highest BCUT2D eigenvalue weighted by Crippen LogP contribution is 2.30. The summed E-state index contributed by atoms with van der Waals surface area (Å²) in [7, 11) is 0. The number of ether oxygens (including phenoxy) is 6. The molecule has 8 atom stereocenters. The highest BCUT2D eigenvalue weighted by molar-refractivity contribution is 5.95. The average Bonchev–Trinajstić information content (AvgIpc) is 3.30. The molecule has 5 aromatic rings. The van der Waals surface area contributed by atoms with Crippen LogP contribution in [-0.2, 0) is 85.2 Å². The first kappa shape index (κ1) is 64.4. The maximum Gasteiger partial charge on any atom is 0.469 e. The summed E-state index contributed by atoms with van der Waals surface area (Å²) in [6.07, 6.45) is -7.13. The van der Waals surface area contributed by atoms with Crippen molar-refractivity contribution in [2.24, 2.45) is 16.5 Å². The molecule has 24 nitrogen and oxygen atoms in total. The largest absolute Gasteiger partial charge is 0.481 e. The molecule has 5 aromatic carbocycles. The van der Waals surface area contributed by atoms with Gasteiger partial charge in [-0.05, 0) is 66.4 Å². The summed E-state index contributed by atoms with van der Waals surface area (Å²) >= 11 is 0. The van der Waals surface area contributed by atoms with E-state index < -0.39 is 108 Å². The second-order valence-electron chi connectivity index (χ2n) is 20.6. The average molecular weight is 1160 g/mol. The number of carboxylic acids is 1. The van der Waals surface area contributed by atoms with Crippen molar-refractivity contribution in [2.45, 2.75) is 127 Å². The number of aliphatic imine (C=N–C) groups is 1. The van der Waals surface area contributed by atoms with Crippen LogP contribution in [0.25, 0.3) is 0 Å². The van der Waals surface area contributed by atoms with E-state index in [1.54, 1.807) is 30.3 Å². The van der Waals surface area contributed by atoms with E-state index in [2.05, 4.69) is 26.3 Å². The number of aliphatic carboxylic acids is 1. The minimum absolute atomic E-state index is 0.00313. The molecule has 0 saturated carbocycles. The normalized spacial score (nSPS) is 17.7. The van der Waals surface area contributed by atoms with Gasteiger partial charge in [-0.1, -0.05) is 152 Å². The van der Waals surface area contributed by atoms with Crippen molar-refractivity contribution in [3.8, 4) is 0 Å². The summed E-state index contributed by atoms with van der Waals surface area (Å²) in [6, 6.07) is 39.9. The summed E-state index contributed by atoms with van der Waals surface area (Å²) in [4.78, 5) is 98.5. The molecule has 9 N–H and O–H groups in total. The van der Waals surface area contributed by atoms with Gasteiger partial charge in [0.1, 0.15) is 42.0 Å². The van der Waals surface area contributed by atoms with Crippen LogP contribution in [0.1, 0.15) is 67.9 Å². The molecule has 0 bridgehead atoms. The van der Waals surface area contributed by atoms with Crippen LogP contribution < -0.4 is 32.7 Å². The highest BCUT2D eigenvalue weighted by Gasteiger charge is 2.50. The summed E-state index contributed by atoms with van der Waals surface area (Å²) in [5.74, 6) is -6.01. The van der Waals surface area contributed by atoms with Crippen LogP contribution in [-0.4, -0.2) is 131 Å². The van der Waals surface area contributed by atoms with Crippen molar-refractivity contribution >= 4 is 41.7 Å². The van der Waals surface area contributed by atoms with Gasteiger partial charge in [-0.2, -0.15) is 0 Å². The van der Waals surface area contributed by atoms with Crippen LogP contribution in [0, 0.1) is 10.1 Å². The van der Waals surface area contributed by atoms with E-state index >= 15 is 4.79 Å². The Hall–Kier alpha value is -8.81. The van der Waals surface area contributed by atoms with Gasteiger partial charge >= 0.3 is 12.1 Å². The van der Waals surface area contributed by atoms with Gasteiger partial charge in [0.25, 0.3) is 0 Å². The van der Waals surface area contributed by atoms with Gasteiger partial charge in [0.05, 0.1) is 46.0 Å². The first-order chi connectivity index (χ1) is 40.3. The zero-order valence-corrected chi connectivity index (χ0v) is 47.0. The number of nitrogens with zero attached hydrogens (tertiary/aromatic N) is 3. The minimum atomic E-state index is -1.86. The van der Waals surface area contributed by atoms with Crippen molar-refractivity contribution in [1.82, 2.24) is 26.3 Å². The summed E-state index contributed by atoms with van der Waals surface area (Å²) in [5.41, 5.74) is 13.5. The molecule has 0 aliphatic carbocycles. The topological polar surface area (TPSA) is 337 Å². The molecule has 1 aliphatic heterocycles. The standard InChI is InChI=1S/C60H73N9O15/c1-60(2,3)84-59(76)68(69(77)78)47(30-19-31-63-58(61)62)56(75)64-34-49(70)65-46(33-50(71)72)54(73)66-45(32-40-20-9-4-10-21-40)55(74)67-51-53(81-37-43-26-15-7-16-27-43)52(80-36-42-24-13-6-14-25-42)48(39-79-35-41-22-11-5-12-23-41)83-57(51)82-38-44-28-17-8-18-29-44/h4-18,20-29,45-48,51-53,57H,19,30-39H2,1-3H3,(H,64,75)(H,65,70)(H,66,73)(H,67,74)(H,71,72)(H4,61,62,63)/t45-,46-,47-,48+,51+,52+,53+,57+/m0/s1. The van der Waals surface area contributed by atoms with Crippen molar-refractivity contribution in [3.05, 3.63) is 190 Å². The second-order valence-corrected chi connectivity index (χ2v) is 20.6. The number of nitrogens with one attached hydrogen (secondary N) is 4. The van der Waals surface area contributed by atoms with E-state index in [9.17, 15) is 39.2 Å². The van der Waals surface area contributed by atoms with Crippen molar-refractivity contribution in [1.29, 1.82) is 0 Å². The van der Waals surface area contributed by atoms with Crippen LogP contribution in [0.5, 0.6) is 0 Å². The predicted octanol–water partition coefficient (Wildman–Crippen LogP) is 4.45. The number of hydrogen-bond acceptors (Lipinski definition) is 15. The molecule has 0 aromatic heterocycles. The molecular formula is C60H73N9O15. The number of nitrogens with two attached hydrogens (primary N) is 2. The Kier molecular flexibility index (Phi) is 25.1. The lowest BCUT2D eigenvalue weighted by atomic mass is 9.95. The number of hydrazine groups is 1. The Morgan fingerprint density at radius 1 is 0.679 bits per heavy atom. The molecule has 1 fully saturated rings. The Balaban J connectivity index is 1.30. The SMILES string of the molecule is CC(C)(C)OC(=O)N([C@@H](CCCN=C(N)N)C(=O)NCC(=O)N[C@@H](CC(=O)O)C(=O)N[C@@H](Cc1ccccc1)C(=O)N[C@H]1[C@H](OCc2ccccc2)O[C@H](COCc2ccccc2)[C@@H](OCc2ccccc2)[C@@H]1OCc1ccccc1)[N+](=O)[O-]. The molecule has 5 amide bonds. The fourth-order valence-corrected chi connectivity index (χ4v) is 8.87. The van der Waals surface area contributed by atoms with Crippen LogP contribution >= 0.6 is 0 Å². The third kappa shape index (κ3) is 21.5. The van der Waals surface area contributed by atoms with Gasteiger partial charge in [0, 0.05) is 13.0 Å². The Morgan fingerprint density at radius 3 is 1.68 bits per heavy atom. The first-order valence-electron chi connectivity index (χ1n) is 27.2. The summed E-state index contributed by atoms with van der Waals surface area (Å²) in [6.45, 7) is 3.75. The molecule has 0 radical (unpaired) electrons. The zero-order chi connectivity index (χ0) is 60.4. The number of guanidine groups is 1. The lowest BCUT2D eigenvalue weighted by Gasteiger charge is -2.46. The van der Waals surface area contributed by atoms with E-state index in [1.165, 1.54) is 20.8 Å². The van der Waals surface area contributed by atoms with Crippen LogP contribution in [0.4, 0.5) is 4.79 Å². The van der Waals surface area contributed by atoms with E-state index in [0.29, 0.717) is 5.56 Å². The quantitative estimate of drug-likeness (QED) is 0.0106. The van der Waals surface area contributed by atoms with Crippen LogP contribution in [0.15, 0.2) is 157 Å². The van der Waals surface area contributed by atoms with Gasteiger partial charge < -0.3 is 66.3 Å². The maximum absolute atomic E-state index is 15.2. The Morgan fingerprint density at radius 2 is 1.18 bits per heavy atom. The Bertz CT molecular complexity index is 2920. The summed E-state index contributed by atoms with van der Waals surface area (Å²) < 4.78 is 38.5. The van der Waals surface area contributed by atoms with E-state index in [-0.39, 0.29) is 69.8 Å². The highest BCUT2D eigenvalue weighted by atomic mass is 16.7.